The van der Waals surface area contributed by atoms with E-state index in [2.05, 4.69) is 9.97 Å². The average molecular weight is 488 g/mol. The molecule has 0 unspecified atom stereocenters. The van der Waals surface area contributed by atoms with Crippen molar-refractivity contribution in [1.29, 1.82) is 5.41 Å². The lowest BCUT2D eigenvalue weighted by molar-refractivity contribution is -0.143. The maximum Gasteiger partial charge on any atom is 0.316 e. The predicted molar refractivity (Wildman–Crippen MR) is 125 cm³/mol. The number of carbonyl (C=O) groups is 2. The van der Waals surface area contributed by atoms with Crippen molar-refractivity contribution in [2.24, 2.45) is 11.7 Å². The number of likely N-dealkylation sites (tertiary alicyclic amines) is 1. The molecule has 1 saturated heterocycles. The zero-order valence-corrected chi connectivity index (χ0v) is 19.7. The summed E-state index contributed by atoms with van der Waals surface area (Å²) in [5.41, 5.74) is 6.07. The minimum absolute atomic E-state index is 0.107. The molecule has 1 aliphatic heterocycles. The molecular formula is C24H30FN5O5. The van der Waals surface area contributed by atoms with Crippen LogP contribution in [0.2, 0.25) is 0 Å². The minimum Gasteiger partial charge on any atom is -0.463 e. The molecule has 0 aliphatic carbocycles. The lowest BCUT2D eigenvalue weighted by Crippen LogP contribution is -2.40. The lowest BCUT2D eigenvalue weighted by atomic mass is 9.97. The van der Waals surface area contributed by atoms with Gasteiger partial charge in [0.05, 0.1) is 19.6 Å². The Hall–Kier alpha value is -3.60. The quantitative estimate of drug-likeness (QED) is 0.279. The van der Waals surface area contributed by atoms with Crippen LogP contribution in [0.25, 0.3) is 11.1 Å². The Labute approximate surface area is 203 Å². The standard InChI is InChI=1S/C24H30FN5O5/c1-33-10-7-21(31)30-8-5-16(6-9-30)14-35-24-28-12-18(13-29-24)19-4-2-3-17(23(19)25)15-34-22(32)11-20(26)27/h2-4,12-13,16H,5-11,14-15H2,1H3,(H3,26,27). The first-order valence-corrected chi connectivity index (χ1v) is 11.3. The zero-order chi connectivity index (χ0) is 25.2. The molecule has 11 heteroatoms. The van der Waals surface area contributed by atoms with Crippen LogP contribution in [-0.4, -0.2) is 66.0 Å². The number of nitrogens with one attached hydrogen (secondary N) is 1. The summed E-state index contributed by atoms with van der Waals surface area (Å²) in [5, 5.41) is 7.11. The van der Waals surface area contributed by atoms with Gasteiger partial charge in [0.25, 0.3) is 0 Å². The van der Waals surface area contributed by atoms with Gasteiger partial charge in [-0.3, -0.25) is 15.0 Å². The van der Waals surface area contributed by atoms with Gasteiger partial charge in [-0.15, -0.1) is 0 Å². The average Bonchev–Trinajstić information content (AvgIpc) is 2.85. The lowest BCUT2D eigenvalue weighted by Gasteiger charge is -2.31. The summed E-state index contributed by atoms with van der Waals surface area (Å²) in [7, 11) is 1.58. The Kier molecular flexibility index (Phi) is 9.47. The van der Waals surface area contributed by atoms with Crippen molar-refractivity contribution in [2.75, 3.05) is 33.4 Å². The second-order valence-corrected chi connectivity index (χ2v) is 8.27. The highest BCUT2D eigenvalue weighted by atomic mass is 19.1. The van der Waals surface area contributed by atoms with E-state index in [4.69, 9.17) is 25.4 Å². The number of piperidine rings is 1. The smallest absolute Gasteiger partial charge is 0.316 e. The number of methoxy groups -OCH3 is 1. The highest BCUT2D eigenvalue weighted by molar-refractivity contribution is 5.94. The number of aromatic nitrogens is 2. The van der Waals surface area contributed by atoms with E-state index in [1.165, 1.54) is 18.5 Å². The fraction of sp³-hybridized carbons (Fsp3) is 0.458. The molecule has 1 aromatic carbocycles. The predicted octanol–water partition coefficient (Wildman–Crippen LogP) is 2.31. The summed E-state index contributed by atoms with van der Waals surface area (Å²) in [4.78, 5) is 33.9. The van der Waals surface area contributed by atoms with Gasteiger partial charge in [0.2, 0.25) is 5.91 Å². The van der Waals surface area contributed by atoms with Gasteiger partial charge in [0.15, 0.2) is 0 Å². The molecule has 1 aliphatic rings. The number of rotatable bonds is 11. The molecule has 2 heterocycles. The van der Waals surface area contributed by atoms with Gasteiger partial charge in [-0.2, -0.15) is 0 Å². The fourth-order valence-electron chi connectivity index (χ4n) is 3.70. The molecule has 0 atom stereocenters. The molecule has 0 bridgehead atoms. The minimum atomic E-state index is -0.699. The van der Waals surface area contributed by atoms with E-state index in [-0.39, 0.29) is 41.9 Å². The van der Waals surface area contributed by atoms with E-state index in [0.29, 0.717) is 44.2 Å². The van der Waals surface area contributed by atoms with Crippen LogP contribution in [0.3, 0.4) is 0 Å². The molecule has 2 aromatic rings. The first kappa shape index (κ1) is 26.0. The zero-order valence-electron chi connectivity index (χ0n) is 19.7. The number of carbonyl (C=O) groups excluding carboxylic acids is 2. The van der Waals surface area contributed by atoms with Gasteiger partial charge >= 0.3 is 12.0 Å². The number of nitrogens with zero attached hydrogens (tertiary/aromatic N) is 3. The highest BCUT2D eigenvalue weighted by Crippen LogP contribution is 2.25. The molecular weight excluding hydrogens is 457 g/mol. The summed E-state index contributed by atoms with van der Waals surface area (Å²) >= 11 is 0. The Bertz CT molecular complexity index is 1030. The molecule has 3 rings (SSSR count). The van der Waals surface area contributed by atoms with Gasteiger partial charge in [0, 0.05) is 49.3 Å². The van der Waals surface area contributed by atoms with Crippen molar-refractivity contribution in [1.82, 2.24) is 14.9 Å². The van der Waals surface area contributed by atoms with Crippen LogP contribution >= 0.6 is 0 Å². The Morgan fingerprint density at radius 2 is 1.94 bits per heavy atom. The van der Waals surface area contributed by atoms with Crippen molar-refractivity contribution >= 4 is 17.7 Å². The monoisotopic (exact) mass is 487 g/mol. The molecule has 1 fully saturated rings. The topological polar surface area (TPSA) is 141 Å². The molecule has 10 nitrogen and oxygen atoms in total. The van der Waals surface area contributed by atoms with Gasteiger partial charge in [-0.1, -0.05) is 18.2 Å². The summed E-state index contributed by atoms with van der Waals surface area (Å²) in [6.45, 7) is 1.98. The van der Waals surface area contributed by atoms with Crippen molar-refractivity contribution in [3.8, 4) is 17.1 Å². The van der Waals surface area contributed by atoms with E-state index >= 15 is 0 Å². The van der Waals surface area contributed by atoms with Crippen LogP contribution in [0, 0.1) is 17.1 Å². The summed E-state index contributed by atoms with van der Waals surface area (Å²) in [6.07, 6.45) is 4.68. The maximum absolute atomic E-state index is 14.9. The SMILES string of the molecule is COCCC(=O)N1CCC(COc2ncc(-c3cccc(COC(=O)CC(=N)N)c3F)cn2)CC1. The number of hydrogen-bond donors (Lipinski definition) is 2. The van der Waals surface area contributed by atoms with Gasteiger partial charge in [-0.05, 0) is 18.8 Å². The van der Waals surface area contributed by atoms with Crippen molar-refractivity contribution in [3.63, 3.8) is 0 Å². The van der Waals surface area contributed by atoms with Gasteiger partial charge in [0.1, 0.15) is 24.7 Å². The van der Waals surface area contributed by atoms with Crippen LogP contribution in [0.1, 0.15) is 31.2 Å². The molecule has 188 valence electrons. The summed E-state index contributed by atoms with van der Waals surface area (Å²) in [5.74, 6) is -1.16. The van der Waals surface area contributed by atoms with E-state index in [0.717, 1.165) is 12.8 Å². The number of hydrogen-bond acceptors (Lipinski definition) is 8. The molecule has 35 heavy (non-hydrogen) atoms. The van der Waals surface area contributed by atoms with Crippen molar-refractivity contribution < 1.29 is 28.2 Å². The number of esters is 1. The third-order valence-corrected chi connectivity index (χ3v) is 5.68. The summed E-state index contributed by atoms with van der Waals surface area (Å²) < 4.78 is 30.6. The van der Waals surface area contributed by atoms with Crippen molar-refractivity contribution in [2.45, 2.75) is 32.3 Å². The number of nitrogens with two attached hydrogens (primary N) is 1. The van der Waals surface area contributed by atoms with Gasteiger partial charge < -0.3 is 24.8 Å². The van der Waals surface area contributed by atoms with E-state index in [1.54, 1.807) is 19.2 Å². The second kappa shape index (κ2) is 12.7. The molecule has 1 amide bonds. The van der Waals surface area contributed by atoms with E-state index in [1.807, 2.05) is 4.90 Å². The molecule has 3 N–H and O–H groups in total. The van der Waals surface area contributed by atoms with Crippen LogP contribution in [0.15, 0.2) is 30.6 Å². The highest BCUT2D eigenvalue weighted by Gasteiger charge is 2.23. The van der Waals surface area contributed by atoms with Crippen molar-refractivity contribution in [3.05, 3.63) is 42.0 Å². The largest absolute Gasteiger partial charge is 0.463 e. The number of amidine groups is 1. The number of amides is 1. The van der Waals surface area contributed by atoms with Crippen LogP contribution < -0.4 is 10.5 Å². The molecule has 0 spiro atoms. The number of halogens is 1. The molecule has 0 radical (unpaired) electrons. The van der Waals surface area contributed by atoms with E-state index < -0.39 is 11.8 Å². The van der Waals surface area contributed by atoms with Crippen LogP contribution in [0.5, 0.6) is 6.01 Å². The number of ether oxygens (including phenoxy) is 3. The molecule has 1 aromatic heterocycles. The second-order valence-electron chi connectivity index (χ2n) is 8.27. The van der Waals surface area contributed by atoms with E-state index in [9.17, 15) is 14.0 Å². The maximum atomic E-state index is 14.9. The van der Waals surface area contributed by atoms with Gasteiger partial charge in [-0.25, -0.2) is 14.4 Å². The Morgan fingerprint density at radius 3 is 2.60 bits per heavy atom. The first-order valence-electron chi connectivity index (χ1n) is 11.3. The van der Waals surface area contributed by atoms with Crippen LogP contribution in [-0.2, 0) is 25.7 Å². The Balaban J connectivity index is 1.51. The first-order chi connectivity index (χ1) is 16.9. The number of benzene rings is 1. The molecule has 0 saturated carbocycles. The fourth-order valence-corrected chi connectivity index (χ4v) is 3.70. The normalized spacial score (nSPS) is 13.9. The third-order valence-electron chi connectivity index (χ3n) is 5.68. The third kappa shape index (κ3) is 7.71. The Morgan fingerprint density at radius 1 is 1.23 bits per heavy atom. The summed E-state index contributed by atoms with van der Waals surface area (Å²) in [6, 6.07) is 4.93. The van der Waals surface area contributed by atoms with Crippen LogP contribution in [0.4, 0.5) is 4.39 Å².